The van der Waals surface area contributed by atoms with Gasteiger partial charge in [0.15, 0.2) is 0 Å². The maximum atomic E-state index is 12.4. The number of rotatable bonds is 2. The second-order valence-electron chi connectivity index (χ2n) is 2.95. The van der Waals surface area contributed by atoms with Gasteiger partial charge in [0, 0.05) is 0 Å². The molecule has 0 spiro atoms. The van der Waals surface area contributed by atoms with Crippen LogP contribution in [0.3, 0.4) is 0 Å². The van der Waals surface area contributed by atoms with Crippen LogP contribution in [0.2, 0.25) is 0 Å². The fourth-order valence-electron chi connectivity index (χ4n) is 1.18. The number of nitrogens with two attached hydrogens (primary N) is 1. The van der Waals surface area contributed by atoms with Gasteiger partial charge in [0.25, 0.3) is 6.43 Å². The Kier molecular flexibility index (Phi) is 5.15. The SMILES string of the molecule is Cl.N[C@@H](c1ccccc1C(F)(F)F)C(F)F. The Morgan fingerprint density at radius 3 is 2.00 bits per heavy atom. The van der Waals surface area contributed by atoms with Crippen molar-refractivity contribution in [1.82, 2.24) is 0 Å². The molecule has 0 bridgehead atoms. The van der Waals surface area contributed by atoms with Crippen LogP contribution in [0.5, 0.6) is 0 Å². The smallest absolute Gasteiger partial charge is 0.319 e. The average molecular weight is 262 g/mol. The Bertz CT molecular complexity index is 339. The van der Waals surface area contributed by atoms with Gasteiger partial charge in [-0.25, -0.2) is 8.78 Å². The predicted octanol–water partition coefficient (Wildman–Crippen LogP) is 3.39. The molecular weight excluding hydrogens is 253 g/mol. The summed E-state index contributed by atoms with van der Waals surface area (Å²) in [4.78, 5) is 0. The fourth-order valence-corrected chi connectivity index (χ4v) is 1.18. The van der Waals surface area contributed by atoms with E-state index in [1.54, 1.807) is 0 Å². The van der Waals surface area contributed by atoms with E-state index in [1.807, 2.05) is 0 Å². The van der Waals surface area contributed by atoms with Gasteiger partial charge < -0.3 is 5.73 Å². The van der Waals surface area contributed by atoms with E-state index in [4.69, 9.17) is 5.73 Å². The van der Waals surface area contributed by atoms with E-state index in [0.717, 1.165) is 18.2 Å². The van der Waals surface area contributed by atoms with Crippen LogP contribution in [-0.4, -0.2) is 6.43 Å². The minimum atomic E-state index is -4.66. The number of hydrogen-bond acceptors (Lipinski definition) is 1. The number of alkyl halides is 5. The molecule has 0 aliphatic rings. The van der Waals surface area contributed by atoms with E-state index < -0.39 is 29.8 Å². The summed E-state index contributed by atoms with van der Waals surface area (Å²) in [6.45, 7) is 0. The highest BCUT2D eigenvalue weighted by molar-refractivity contribution is 5.85. The van der Waals surface area contributed by atoms with Crippen molar-refractivity contribution < 1.29 is 22.0 Å². The lowest BCUT2D eigenvalue weighted by atomic mass is 10.0. The first-order valence-electron chi connectivity index (χ1n) is 4.04. The quantitative estimate of drug-likeness (QED) is 0.812. The summed E-state index contributed by atoms with van der Waals surface area (Å²) >= 11 is 0. The molecule has 1 aromatic rings. The second kappa shape index (κ2) is 5.45. The summed E-state index contributed by atoms with van der Waals surface area (Å²) in [5.74, 6) is 0. The molecule has 0 radical (unpaired) electrons. The highest BCUT2D eigenvalue weighted by Gasteiger charge is 2.35. The molecule has 0 heterocycles. The predicted molar refractivity (Wildman–Crippen MR) is 51.6 cm³/mol. The largest absolute Gasteiger partial charge is 0.416 e. The molecule has 1 aromatic carbocycles. The first-order valence-corrected chi connectivity index (χ1v) is 4.04. The van der Waals surface area contributed by atoms with E-state index in [-0.39, 0.29) is 12.4 Å². The molecule has 16 heavy (non-hydrogen) atoms. The van der Waals surface area contributed by atoms with Crippen LogP contribution in [-0.2, 0) is 6.18 Å². The second-order valence-corrected chi connectivity index (χ2v) is 2.95. The third kappa shape index (κ3) is 3.31. The molecule has 0 unspecified atom stereocenters. The maximum absolute atomic E-state index is 12.4. The van der Waals surface area contributed by atoms with Crippen molar-refractivity contribution in [3.63, 3.8) is 0 Å². The molecule has 0 aliphatic carbocycles. The van der Waals surface area contributed by atoms with Crippen LogP contribution < -0.4 is 5.73 Å². The Labute approximate surface area is 94.8 Å². The number of benzene rings is 1. The van der Waals surface area contributed by atoms with E-state index >= 15 is 0 Å². The zero-order chi connectivity index (χ0) is 11.6. The normalized spacial score (nSPS) is 13.4. The van der Waals surface area contributed by atoms with Crippen molar-refractivity contribution in [2.24, 2.45) is 5.73 Å². The summed E-state index contributed by atoms with van der Waals surface area (Å²) < 4.78 is 61.5. The lowest BCUT2D eigenvalue weighted by molar-refractivity contribution is -0.138. The Morgan fingerprint density at radius 1 is 1.06 bits per heavy atom. The van der Waals surface area contributed by atoms with Crippen LogP contribution in [0, 0.1) is 0 Å². The standard InChI is InChI=1S/C9H8F5N.ClH/c10-8(11)7(15)5-3-1-2-4-6(5)9(12,13)14;/h1-4,7-8H,15H2;1H/t7-;/m0./s1. The molecule has 0 aliphatic heterocycles. The zero-order valence-corrected chi connectivity index (χ0v) is 8.66. The van der Waals surface area contributed by atoms with Crippen LogP contribution in [0.25, 0.3) is 0 Å². The third-order valence-corrected chi connectivity index (χ3v) is 1.90. The topological polar surface area (TPSA) is 26.0 Å². The summed E-state index contributed by atoms with van der Waals surface area (Å²) in [6.07, 6.45) is -7.68. The van der Waals surface area contributed by atoms with Gasteiger partial charge in [0.1, 0.15) is 0 Å². The van der Waals surface area contributed by atoms with Crippen molar-refractivity contribution in [3.05, 3.63) is 35.4 Å². The molecular formula is C9H9ClF5N. The molecule has 0 saturated carbocycles. The first kappa shape index (κ1) is 15.1. The van der Waals surface area contributed by atoms with Crippen molar-refractivity contribution in [3.8, 4) is 0 Å². The molecule has 92 valence electrons. The van der Waals surface area contributed by atoms with Crippen LogP contribution >= 0.6 is 12.4 Å². The van der Waals surface area contributed by atoms with Gasteiger partial charge in [0.05, 0.1) is 11.6 Å². The zero-order valence-electron chi connectivity index (χ0n) is 7.84. The highest BCUT2D eigenvalue weighted by atomic mass is 35.5. The number of halogens is 6. The molecule has 7 heteroatoms. The van der Waals surface area contributed by atoms with E-state index in [0.29, 0.717) is 0 Å². The van der Waals surface area contributed by atoms with Gasteiger partial charge in [0.2, 0.25) is 0 Å². The van der Waals surface area contributed by atoms with Crippen LogP contribution in [0.15, 0.2) is 24.3 Å². The highest BCUT2D eigenvalue weighted by Crippen LogP contribution is 2.35. The molecule has 0 fully saturated rings. The van der Waals surface area contributed by atoms with E-state index in [9.17, 15) is 22.0 Å². The van der Waals surface area contributed by atoms with Crippen molar-refractivity contribution in [2.45, 2.75) is 18.6 Å². The Hall–Kier alpha value is -0.880. The minimum Gasteiger partial charge on any atom is -0.319 e. The Morgan fingerprint density at radius 2 is 1.56 bits per heavy atom. The summed E-state index contributed by atoms with van der Waals surface area (Å²) in [7, 11) is 0. The lowest BCUT2D eigenvalue weighted by Gasteiger charge is -2.17. The minimum absolute atomic E-state index is 0. The molecule has 0 aromatic heterocycles. The monoisotopic (exact) mass is 261 g/mol. The molecule has 0 amide bonds. The van der Waals surface area contributed by atoms with E-state index in [1.165, 1.54) is 6.07 Å². The van der Waals surface area contributed by atoms with Crippen LogP contribution in [0.4, 0.5) is 22.0 Å². The Balaban J connectivity index is 0.00000225. The van der Waals surface area contributed by atoms with Gasteiger partial charge in [-0.3, -0.25) is 0 Å². The molecule has 1 nitrogen and oxygen atoms in total. The molecule has 1 rings (SSSR count). The summed E-state index contributed by atoms with van der Waals surface area (Å²) in [5, 5.41) is 0. The molecule has 2 N–H and O–H groups in total. The van der Waals surface area contributed by atoms with E-state index in [2.05, 4.69) is 0 Å². The van der Waals surface area contributed by atoms with Gasteiger partial charge >= 0.3 is 6.18 Å². The summed E-state index contributed by atoms with van der Waals surface area (Å²) in [5.41, 5.74) is 3.29. The van der Waals surface area contributed by atoms with Gasteiger partial charge in [-0.1, -0.05) is 18.2 Å². The third-order valence-electron chi connectivity index (χ3n) is 1.90. The van der Waals surface area contributed by atoms with Crippen molar-refractivity contribution >= 4 is 12.4 Å². The van der Waals surface area contributed by atoms with Gasteiger partial charge in [-0.05, 0) is 11.6 Å². The number of hydrogen-bond donors (Lipinski definition) is 1. The first-order chi connectivity index (χ1) is 6.84. The van der Waals surface area contributed by atoms with Crippen LogP contribution in [0.1, 0.15) is 17.2 Å². The average Bonchev–Trinajstić information content (AvgIpc) is 2.15. The molecule has 0 saturated heterocycles. The maximum Gasteiger partial charge on any atom is 0.416 e. The lowest BCUT2D eigenvalue weighted by Crippen LogP contribution is -2.23. The van der Waals surface area contributed by atoms with Gasteiger partial charge in [-0.15, -0.1) is 12.4 Å². The van der Waals surface area contributed by atoms with Gasteiger partial charge in [-0.2, -0.15) is 13.2 Å². The van der Waals surface area contributed by atoms with Crippen molar-refractivity contribution in [1.29, 1.82) is 0 Å². The van der Waals surface area contributed by atoms with Crippen molar-refractivity contribution in [2.75, 3.05) is 0 Å². The summed E-state index contributed by atoms with van der Waals surface area (Å²) in [6, 6.07) is 2.15. The fraction of sp³-hybridized carbons (Fsp3) is 0.333. The molecule has 1 atom stereocenters.